The van der Waals surface area contributed by atoms with E-state index in [4.69, 9.17) is 17.4 Å². The highest BCUT2D eigenvalue weighted by Crippen LogP contribution is 2.26. The Morgan fingerprint density at radius 2 is 2.16 bits per heavy atom. The van der Waals surface area contributed by atoms with E-state index in [-0.39, 0.29) is 6.04 Å². The van der Waals surface area contributed by atoms with Crippen LogP contribution in [0.4, 0.5) is 4.39 Å². The minimum Gasteiger partial charge on any atom is -0.270 e. The maximum atomic E-state index is 13.9. The van der Waals surface area contributed by atoms with Gasteiger partial charge < -0.3 is 0 Å². The Morgan fingerprint density at radius 1 is 1.42 bits per heavy atom. The lowest BCUT2D eigenvalue weighted by Gasteiger charge is -2.19. The molecule has 3 N–H and O–H groups in total. The van der Waals surface area contributed by atoms with Gasteiger partial charge in [-0.05, 0) is 32.0 Å². The lowest BCUT2D eigenvalue weighted by Crippen LogP contribution is -2.32. The van der Waals surface area contributed by atoms with Crippen LogP contribution in [0.25, 0.3) is 0 Å². The van der Waals surface area contributed by atoms with E-state index in [0.29, 0.717) is 16.4 Å². The fraction of sp³-hybridized carbons (Fsp3) is 0.333. The summed E-state index contributed by atoms with van der Waals surface area (Å²) in [4.78, 5) is 4.16. The topological polar surface area (TPSA) is 68.8 Å². The molecule has 0 aliphatic rings. The van der Waals surface area contributed by atoms with E-state index >= 15 is 0 Å². The van der Waals surface area contributed by atoms with E-state index < -0.39 is 11.9 Å². The number of nitrogens with zero attached hydrogens (tertiary/aromatic N) is 3. The molecule has 7 heteroatoms. The van der Waals surface area contributed by atoms with Gasteiger partial charge in [0.2, 0.25) is 0 Å². The van der Waals surface area contributed by atoms with Crippen molar-refractivity contribution in [3.8, 4) is 0 Å². The van der Waals surface area contributed by atoms with Crippen molar-refractivity contribution < 1.29 is 4.39 Å². The van der Waals surface area contributed by atoms with Crippen molar-refractivity contribution in [3.63, 3.8) is 0 Å². The third-order valence-electron chi connectivity index (χ3n) is 2.78. The van der Waals surface area contributed by atoms with Crippen LogP contribution in [0.3, 0.4) is 0 Å². The molecule has 1 heterocycles. The van der Waals surface area contributed by atoms with E-state index in [1.807, 2.05) is 13.8 Å². The van der Waals surface area contributed by atoms with Crippen LogP contribution in [0, 0.1) is 5.82 Å². The average Bonchev–Trinajstić information content (AvgIpc) is 2.84. The maximum Gasteiger partial charge on any atom is 0.150 e. The van der Waals surface area contributed by atoms with Crippen LogP contribution in [0.5, 0.6) is 0 Å². The number of rotatable bonds is 4. The van der Waals surface area contributed by atoms with Crippen molar-refractivity contribution in [3.05, 3.63) is 46.8 Å². The molecule has 0 amide bonds. The van der Waals surface area contributed by atoms with E-state index in [2.05, 4.69) is 15.5 Å². The number of hydrogen-bond donors (Lipinski definition) is 2. The van der Waals surface area contributed by atoms with Gasteiger partial charge in [0.15, 0.2) is 0 Å². The molecule has 0 bridgehead atoms. The molecular formula is C12H15ClFN5. The Labute approximate surface area is 115 Å². The largest absolute Gasteiger partial charge is 0.270 e. The van der Waals surface area contributed by atoms with Crippen LogP contribution < -0.4 is 11.3 Å². The van der Waals surface area contributed by atoms with Crippen molar-refractivity contribution in [2.24, 2.45) is 5.84 Å². The smallest absolute Gasteiger partial charge is 0.150 e. The second-order valence-corrected chi connectivity index (χ2v) is 4.86. The van der Waals surface area contributed by atoms with Gasteiger partial charge in [-0.1, -0.05) is 11.6 Å². The highest BCUT2D eigenvalue weighted by molar-refractivity contribution is 6.30. The first kappa shape index (κ1) is 13.9. The SMILES string of the molecule is CC(C)n1ncnc1C(NN)c1cc(Cl)ccc1F. The molecule has 102 valence electrons. The fourth-order valence-electron chi connectivity index (χ4n) is 1.90. The summed E-state index contributed by atoms with van der Waals surface area (Å²) in [6.45, 7) is 3.92. The molecule has 0 fully saturated rings. The van der Waals surface area contributed by atoms with Crippen molar-refractivity contribution in [1.82, 2.24) is 20.2 Å². The second-order valence-electron chi connectivity index (χ2n) is 4.42. The monoisotopic (exact) mass is 283 g/mol. The quantitative estimate of drug-likeness (QED) is 0.667. The summed E-state index contributed by atoms with van der Waals surface area (Å²) in [6, 6.07) is 3.80. The third kappa shape index (κ3) is 2.75. The number of benzene rings is 1. The Hall–Kier alpha value is -1.50. The molecule has 1 unspecified atom stereocenters. The number of hydrazine groups is 1. The van der Waals surface area contributed by atoms with Crippen LogP contribution >= 0.6 is 11.6 Å². The predicted molar refractivity (Wildman–Crippen MR) is 71.0 cm³/mol. The normalized spacial score (nSPS) is 12.9. The van der Waals surface area contributed by atoms with Gasteiger partial charge in [-0.2, -0.15) is 5.10 Å². The lowest BCUT2D eigenvalue weighted by molar-refractivity contribution is 0.460. The van der Waals surface area contributed by atoms with Crippen LogP contribution in [0.15, 0.2) is 24.5 Å². The summed E-state index contributed by atoms with van der Waals surface area (Å²) < 4.78 is 15.6. The Balaban J connectivity index is 2.50. The summed E-state index contributed by atoms with van der Waals surface area (Å²) in [6.07, 6.45) is 1.42. The lowest BCUT2D eigenvalue weighted by atomic mass is 10.1. The minimum absolute atomic E-state index is 0.0931. The van der Waals surface area contributed by atoms with Crippen LogP contribution in [0.1, 0.15) is 37.3 Å². The molecule has 5 nitrogen and oxygen atoms in total. The molecule has 1 atom stereocenters. The Morgan fingerprint density at radius 3 is 2.79 bits per heavy atom. The highest BCUT2D eigenvalue weighted by atomic mass is 35.5. The molecule has 1 aromatic carbocycles. The summed E-state index contributed by atoms with van der Waals surface area (Å²) >= 11 is 5.90. The predicted octanol–water partition coefficient (Wildman–Crippen LogP) is 2.20. The standard InChI is InChI=1S/C12H15ClFN5/c1-7(2)19-12(16-6-17-19)11(18-15)9-5-8(13)3-4-10(9)14/h3-7,11,18H,15H2,1-2H3. The van der Waals surface area contributed by atoms with Crippen molar-refractivity contribution in [2.75, 3.05) is 0 Å². The zero-order valence-corrected chi connectivity index (χ0v) is 11.4. The Bertz CT molecular complexity index is 569. The first-order valence-corrected chi connectivity index (χ1v) is 6.23. The highest BCUT2D eigenvalue weighted by Gasteiger charge is 2.23. The molecule has 0 spiro atoms. The first-order chi connectivity index (χ1) is 9.04. The molecular weight excluding hydrogens is 269 g/mol. The fourth-order valence-corrected chi connectivity index (χ4v) is 2.08. The van der Waals surface area contributed by atoms with Crippen LogP contribution in [0.2, 0.25) is 5.02 Å². The number of halogens is 2. The maximum absolute atomic E-state index is 13.9. The van der Waals surface area contributed by atoms with E-state index in [9.17, 15) is 4.39 Å². The number of aromatic nitrogens is 3. The number of nitrogens with one attached hydrogen (secondary N) is 1. The van der Waals surface area contributed by atoms with Gasteiger partial charge in [-0.15, -0.1) is 0 Å². The zero-order chi connectivity index (χ0) is 14.0. The van der Waals surface area contributed by atoms with Crippen LogP contribution in [-0.4, -0.2) is 14.8 Å². The van der Waals surface area contributed by atoms with Gasteiger partial charge in [0.1, 0.15) is 24.0 Å². The van der Waals surface area contributed by atoms with Crippen molar-refractivity contribution >= 4 is 11.6 Å². The van der Waals surface area contributed by atoms with Gasteiger partial charge in [0, 0.05) is 16.6 Å². The summed E-state index contributed by atoms with van der Waals surface area (Å²) in [5.74, 6) is 5.69. The Kier molecular flexibility index (Phi) is 4.14. The number of nitrogens with two attached hydrogens (primary N) is 1. The molecule has 0 radical (unpaired) electrons. The zero-order valence-electron chi connectivity index (χ0n) is 10.6. The summed E-state index contributed by atoms with van der Waals surface area (Å²) in [5.41, 5.74) is 2.90. The van der Waals surface area contributed by atoms with E-state index in [1.165, 1.54) is 24.5 Å². The van der Waals surface area contributed by atoms with Crippen molar-refractivity contribution in [1.29, 1.82) is 0 Å². The first-order valence-electron chi connectivity index (χ1n) is 5.85. The summed E-state index contributed by atoms with van der Waals surface area (Å²) in [7, 11) is 0. The van der Waals surface area contributed by atoms with Crippen LogP contribution in [-0.2, 0) is 0 Å². The molecule has 2 rings (SSSR count). The van der Waals surface area contributed by atoms with Gasteiger partial charge in [0.25, 0.3) is 0 Å². The van der Waals surface area contributed by atoms with Gasteiger partial charge in [0.05, 0.1) is 0 Å². The second kappa shape index (κ2) is 5.64. The molecule has 1 aromatic heterocycles. The minimum atomic E-state index is -0.608. The van der Waals surface area contributed by atoms with Crippen molar-refractivity contribution in [2.45, 2.75) is 25.9 Å². The molecule has 2 aromatic rings. The molecule has 0 aliphatic heterocycles. The average molecular weight is 284 g/mol. The van der Waals surface area contributed by atoms with Gasteiger partial charge in [-0.25, -0.2) is 19.5 Å². The molecule has 19 heavy (non-hydrogen) atoms. The molecule has 0 saturated heterocycles. The third-order valence-corrected chi connectivity index (χ3v) is 3.02. The van der Waals surface area contributed by atoms with Gasteiger partial charge in [-0.3, -0.25) is 5.84 Å². The van der Waals surface area contributed by atoms with Gasteiger partial charge >= 0.3 is 0 Å². The molecule has 0 saturated carbocycles. The summed E-state index contributed by atoms with van der Waals surface area (Å²) in [5, 5.41) is 4.55. The molecule has 0 aliphatic carbocycles. The van der Waals surface area contributed by atoms with E-state index in [1.54, 1.807) is 4.68 Å². The van der Waals surface area contributed by atoms with E-state index in [0.717, 1.165) is 0 Å². The number of hydrogen-bond acceptors (Lipinski definition) is 4.